The number of nitrogens with one attached hydrogen (secondary N) is 1. The summed E-state index contributed by atoms with van der Waals surface area (Å²) < 4.78 is 34.0. The zero-order chi connectivity index (χ0) is 23.4. The van der Waals surface area contributed by atoms with E-state index in [1.54, 1.807) is 11.0 Å². The first-order valence-electron chi connectivity index (χ1n) is 11.0. The van der Waals surface area contributed by atoms with Crippen LogP contribution >= 0.6 is 0 Å². The summed E-state index contributed by atoms with van der Waals surface area (Å²) in [6.45, 7) is -0.273. The molecule has 0 bridgehead atoms. The first kappa shape index (κ1) is 23.1. The minimum absolute atomic E-state index is 0.00882. The van der Waals surface area contributed by atoms with E-state index in [0.29, 0.717) is 5.57 Å². The Kier molecular flexibility index (Phi) is 7.15. The van der Waals surface area contributed by atoms with Crippen molar-refractivity contribution in [2.75, 3.05) is 26.3 Å². The molecule has 4 rings (SSSR count). The fraction of sp³-hybridized carbons (Fsp3) is 0.360. The molecule has 1 aliphatic heterocycles. The van der Waals surface area contributed by atoms with Crippen LogP contribution in [0.4, 0.5) is 8.78 Å². The summed E-state index contributed by atoms with van der Waals surface area (Å²) in [7, 11) is 0. The molecule has 0 radical (unpaired) electrons. The lowest BCUT2D eigenvalue weighted by Gasteiger charge is -2.29. The predicted molar refractivity (Wildman–Crippen MR) is 118 cm³/mol. The van der Waals surface area contributed by atoms with E-state index in [1.165, 1.54) is 0 Å². The zero-order valence-corrected chi connectivity index (χ0v) is 18.0. The molecule has 2 N–H and O–H groups in total. The van der Waals surface area contributed by atoms with E-state index in [0.717, 1.165) is 36.6 Å². The Balaban J connectivity index is 1.58. The molecule has 2 aromatic carbocycles. The molecule has 2 amide bonds. The highest BCUT2D eigenvalue weighted by molar-refractivity contribution is 5.87. The molecular formula is C25H26F2N2O4. The molecule has 2 atom stereocenters. The first-order valence-corrected chi connectivity index (χ1v) is 11.0. The van der Waals surface area contributed by atoms with Gasteiger partial charge in [0.2, 0.25) is 5.91 Å². The highest BCUT2D eigenvalue weighted by Crippen LogP contribution is 2.40. The third-order valence-corrected chi connectivity index (χ3v) is 5.86. The molecule has 33 heavy (non-hydrogen) atoms. The van der Waals surface area contributed by atoms with Gasteiger partial charge in [0.1, 0.15) is 24.3 Å². The Hall–Kier alpha value is -3.10. The van der Waals surface area contributed by atoms with Gasteiger partial charge in [-0.3, -0.25) is 9.59 Å². The molecule has 1 saturated carbocycles. The smallest absolute Gasteiger partial charge is 0.253 e. The fourth-order valence-electron chi connectivity index (χ4n) is 4.06. The van der Waals surface area contributed by atoms with Gasteiger partial charge in [-0.15, -0.1) is 0 Å². The van der Waals surface area contributed by atoms with Crippen LogP contribution < -0.4 is 5.32 Å². The van der Waals surface area contributed by atoms with E-state index in [4.69, 9.17) is 9.84 Å². The second-order valence-electron chi connectivity index (χ2n) is 8.28. The van der Waals surface area contributed by atoms with Crippen LogP contribution in [0.3, 0.4) is 0 Å². The molecule has 6 nitrogen and oxygen atoms in total. The van der Waals surface area contributed by atoms with Crippen molar-refractivity contribution < 1.29 is 28.2 Å². The maximum absolute atomic E-state index is 14.5. The number of nitrogens with zero attached hydrogens (tertiary/aromatic N) is 1. The van der Waals surface area contributed by atoms with Crippen LogP contribution in [-0.4, -0.2) is 54.2 Å². The van der Waals surface area contributed by atoms with Crippen LogP contribution in [0.1, 0.15) is 30.0 Å². The molecule has 0 aromatic heterocycles. The average Bonchev–Trinajstić information content (AvgIpc) is 3.56. The number of hydrogen-bond donors (Lipinski definition) is 2. The van der Waals surface area contributed by atoms with Gasteiger partial charge in [0.15, 0.2) is 0 Å². The topological polar surface area (TPSA) is 78.9 Å². The Morgan fingerprint density at radius 1 is 1.15 bits per heavy atom. The Morgan fingerprint density at radius 3 is 2.61 bits per heavy atom. The van der Waals surface area contributed by atoms with Crippen molar-refractivity contribution >= 4 is 17.4 Å². The number of amides is 2. The van der Waals surface area contributed by atoms with Crippen molar-refractivity contribution in [3.63, 3.8) is 0 Å². The quantitative estimate of drug-likeness (QED) is 0.608. The summed E-state index contributed by atoms with van der Waals surface area (Å²) in [4.78, 5) is 27.1. The van der Waals surface area contributed by atoms with Gasteiger partial charge in [-0.2, -0.15) is 0 Å². The molecule has 0 unspecified atom stereocenters. The number of aliphatic hydroxyl groups is 1. The van der Waals surface area contributed by atoms with Crippen LogP contribution in [0, 0.1) is 17.6 Å². The summed E-state index contributed by atoms with van der Waals surface area (Å²) in [6, 6.07) is 12.1. The van der Waals surface area contributed by atoms with E-state index in [2.05, 4.69) is 5.32 Å². The van der Waals surface area contributed by atoms with Crippen molar-refractivity contribution in [1.82, 2.24) is 10.2 Å². The number of carbonyl (C=O) groups is 2. The molecule has 2 aromatic rings. The highest BCUT2D eigenvalue weighted by atomic mass is 19.1. The lowest BCUT2D eigenvalue weighted by atomic mass is 10.0. The van der Waals surface area contributed by atoms with Gasteiger partial charge in [0.05, 0.1) is 12.6 Å². The normalized spacial score (nSPS) is 18.7. The van der Waals surface area contributed by atoms with E-state index in [9.17, 15) is 18.4 Å². The van der Waals surface area contributed by atoms with Crippen LogP contribution in [0.25, 0.3) is 5.57 Å². The van der Waals surface area contributed by atoms with Crippen molar-refractivity contribution in [2.45, 2.75) is 25.0 Å². The third-order valence-electron chi connectivity index (χ3n) is 5.86. The van der Waals surface area contributed by atoms with Crippen LogP contribution in [-0.2, 0) is 14.3 Å². The van der Waals surface area contributed by atoms with Crippen LogP contribution in [0.15, 0.2) is 54.6 Å². The highest BCUT2D eigenvalue weighted by Gasteiger charge is 2.43. The van der Waals surface area contributed by atoms with E-state index in [-0.39, 0.29) is 43.7 Å². The molecule has 2 aliphatic rings. The predicted octanol–water partition coefficient (Wildman–Crippen LogP) is 2.84. The molecule has 0 spiro atoms. The van der Waals surface area contributed by atoms with Gasteiger partial charge in [0.25, 0.3) is 5.91 Å². The molecule has 174 valence electrons. The Bertz CT molecular complexity index is 1040. The van der Waals surface area contributed by atoms with Gasteiger partial charge < -0.3 is 20.1 Å². The standard InChI is InChI=1S/C25H26F2N2O4/c26-19-8-9-21(27)20(13-19)18-12-22(16-4-2-1-3-5-16)29(14-18)25(32)24(17-6-7-17)33-15-23(31)28-10-11-30/h1-5,8-9,12-13,17,22,24,30H,6-7,10-11,14-15H2,(H,28,31)/t22-,24-/m0/s1. The van der Waals surface area contributed by atoms with Gasteiger partial charge >= 0.3 is 0 Å². The van der Waals surface area contributed by atoms with Gasteiger partial charge in [0, 0.05) is 18.7 Å². The van der Waals surface area contributed by atoms with Gasteiger partial charge in [-0.25, -0.2) is 8.78 Å². The fourth-order valence-corrected chi connectivity index (χ4v) is 4.06. The number of aliphatic hydroxyl groups excluding tert-OH is 1. The number of rotatable bonds is 9. The summed E-state index contributed by atoms with van der Waals surface area (Å²) in [5, 5.41) is 11.3. The van der Waals surface area contributed by atoms with Crippen LogP contribution in [0.5, 0.6) is 0 Å². The van der Waals surface area contributed by atoms with Crippen molar-refractivity contribution in [1.29, 1.82) is 0 Å². The van der Waals surface area contributed by atoms with Crippen molar-refractivity contribution in [2.24, 2.45) is 5.92 Å². The summed E-state index contributed by atoms with van der Waals surface area (Å²) in [6.07, 6.45) is 2.61. The minimum Gasteiger partial charge on any atom is -0.395 e. The molecule has 8 heteroatoms. The number of benzene rings is 2. The molecular weight excluding hydrogens is 430 g/mol. The SMILES string of the molecule is O=C(CO[C@H](C(=O)N1CC(c2cc(F)ccc2F)=C[C@H]1c1ccccc1)C1CC1)NCCO. The number of halogens is 2. The first-order chi connectivity index (χ1) is 16.0. The van der Waals surface area contributed by atoms with Gasteiger partial charge in [-0.1, -0.05) is 36.4 Å². The molecule has 0 saturated heterocycles. The average molecular weight is 456 g/mol. The lowest BCUT2D eigenvalue weighted by molar-refractivity contribution is -0.148. The maximum Gasteiger partial charge on any atom is 0.253 e. The van der Waals surface area contributed by atoms with Crippen molar-refractivity contribution in [3.8, 4) is 0 Å². The number of carbonyl (C=O) groups excluding carboxylic acids is 2. The van der Waals surface area contributed by atoms with E-state index < -0.39 is 29.7 Å². The number of hydrogen-bond acceptors (Lipinski definition) is 4. The third kappa shape index (κ3) is 5.46. The summed E-state index contributed by atoms with van der Waals surface area (Å²) in [5.74, 6) is -1.80. The monoisotopic (exact) mass is 456 g/mol. The summed E-state index contributed by atoms with van der Waals surface area (Å²) >= 11 is 0. The maximum atomic E-state index is 14.5. The molecule has 1 heterocycles. The zero-order valence-electron chi connectivity index (χ0n) is 18.0. The van der Waals surface area contributed by atoms with E-state index >= 15 is 0 Å². The van der Waals surface area contributed by atoms with Crippen molar-refractivity contribution in [3.05, 3.63) is 77.4 Å². The second-order valence-corrected chi connectivity index (χ2v) is 8.28. The Morgan fingerprint density at radius 2 is 1.91 bits per heavy atom. The Labute approximate surface area is 190 Å². The second kappa shape index (κ2) is 10.2. The minimum atomic E-state index is -0.804. The molecule has 1 aliphatic carbocycles. The largest absolute Gasteiger partial charge is 0.395 e. The van der Waals surface area contributed by atoms with Gasteiger partial charge in [-0.05, 0) is 48.1 Å². The molecule has 1 fully saturated rings. The summed E-state index contributed by atoms with van der Waals surface area (Å²) in [5.41, 5.74) is 1.48. The lowest BCUT2D eigenvalue weighted by Crippen LogP contribution is -2.43. The van der Waals surface area contributed by atoms with Crippen LogP contribution in [0.2, 0.25) is 0 Å². The van der Waals surface area contributed by atoms with E-state index in [1.807, 2.05) is 30.3 Å². The number of ether oxygens (including phenoxy) is 1.